The van der Waals surface area contributed by atoms with Crippen molar-refractivity contribution >= 4 is 17.6 Å². The van der Waals surface area contributed by atoms with Crippen molar-refractivity contribution in [3.05, 3.63) is 47.9 Å². The fourth-order valence-corrected chi connectivity index (χ4v) is 3.57. The molecule has 1 aromatic heterocycles. The molecule has 140 valence electrons. The molecule has 8 heteroatoms. The second-order valence-electron chi connectivity index (χ2n) is 6.81. The Labute approximate surface area is 156 Å². The molecule has 4 rings (SSSR count). The molecule has 1 atom stereocenters. The van der Waals surface area contributed by atoms with Gasteiger partial charge in [-0.15, -0.1) is 0 Å². The van der Waals surface area contributed by atoms with E-state index < -0.39 is 5.60 Å². The molecule has 1 aromatic carbocycles. The first kappa shape index (κ1) is 17.4. The third-order valence-electron chi connectivity index (χ3n) is 4.85. The molecule has 27 heavy (non-hydrogen) atoms. The lowest BCUT2D eigenvalue weighted by atomic mass is 9.89. The number of carbonyl (C=O) groups is 2. The maximum Gasteiger partial charge on any atom is 0.323 e. The van der Waals surface area contributed by atoms with Gasteiger partial charge in [-0.05, 0) is 12.1 Å². The molecule has 0 saturated carbocycles. The van der Waals surface area contributed by atoms with Gasteiger partial charge in [0, 0.05) is 26.1 Å². The summed E-state index contributed by atoms with van der Waals surface area (Å²) >= 11 is 0. The Kier molecular flexibility index (Phi) is 4.49. The Balaban J connectivity index is 1.44. The average molecular weight is 368 g/mol. The van der Waals surface area contributed by atoms with E-state index in [-0.39, 0.29) is 18.2 Å². The van der Waals surface area contributed by atoms with E-state index >= 15 is 0 Å². The van der Waals surface area contributed by atoms with Crippen LogP contribution in [-0.4, -0.2) is 52.5 Å². The summed E-state index contributed by atoms with van der Waals surface area (Å²) in [7, 11) is 1.58. The Hall–Kier alpha value is -3.00. The molecule has 2 aliphatic heterocycles. The molecule has 0 bridgehead atoms. The number of carbonyl (C=O) groups excluding carboxylic acids is 2. The van der Waals surface area contributed by atoms with Crippen molar-refractivity contribution in [3.8, 4) is 5.75 Å². The second-order valence-corrected chi connectivity index (χ2v) is 6.81. The monoisotopic (exact) mass is 368 g/mol. The Morgan fingerprint density at radius 3 is 3.07 bits per heavy atom. The molecule has 1 unspecified atom stereocenters. The van der Waals surface area contributed by atoms with Gasteiger partial charge in [0.05, 0.1) is 30.8 Å². The SMILES string of the molecule is COCc1cc(NC(=O)N2CCC3(CC(=O)c4ccccc4O3)C2)ncn1. The minimum atomic E-state index is -0.657. The van der Waals surface area contributed by atoms with Crippen molar-refractivity contribution in [2.75, 3.05) is 25.5 Å². The maximum atomic E-state index is 12.6. The van der Waals surface area contributed by atoms with E-state index in [9.17, 15) is 9.59 Å². The van der Waals surface area contributed by atoms with Crippen LogP contribution in [0.1, 0.15) is 28.9 Å². The van der Waals surface area contributed by atoms with Gasteiger partial charge < -0.3 is 14.4 Å². The normalized spacial score (nSPS) is 21.1. The van der Waals surface area contributed by atoms with E-state index in [4.69, 9.17) is 9.47 Å². The van der Waals surface area contributed by atoms with E-state index in [1.807, 2.05) is 12.1 Å². The summed E-state index contributed by atoms with van der Waals surface area (Å²) in [6.45, 7) is 1.21. The number of nitrogens with zero attached hydrogens (tertiary/aromatic N) is 3. The molecule has 2 amide bonds. The summed E-state index contributed by atoms with van der Waals surface area (Å²) in [4.78, 5) is 34.9. The van der Waals surface area contributed by atoms with Gasteiger partial charge in [-0.1, -0.05) is 12.1 Å². The zero-order valence-electron chi connectivity index (χ0n) is 15.0. The molecule has 8 nitrogen and oxygen atoms in total. The van der Waals surface area contributed by atoms with Gasteiger partial charge in [0.1, 0.15) is 23.5 Å². The molecule has 1 fully saturated rings. The number of benzene rings is 1. The fraction of sp³-hybridized carbons (Fsp3) is 0.368. The molecular formula is C19H20N4O4. The number of ketones is 1. The Morgan fingerprint density at radius 2 is 2.22 bits per heavy atom. The number of para-hydroxylation sites is 1. The first-order valence-corrected chi connectivity index (χ1v) is 8.76. The van der Waals surface area contributed by atoms with Gasteiger partial charge >= 0.3 is 6.03 Å². The molecule has 3 heterocycles. The second kappa shape index (κ2) is 6.96. The van der Waals surface area contributed by atoms with Crippen LogP contribution < -0.4 is 10.1 Å². The van der Waals surface area contributed by atoms with Crippen LogP contribution in [0, 0.1) is 0 Å². The summed E-state index contributed by atoms with van der Waals surface area (Å²) < 4.78 is 11.2. The number of Topliss-reactive ketones (excluding diaryl/α,β-unsaturated/α-hetero) is 1. The number of ether oxygens (including phenoxy) is 2. The van der Waals surface area contributed by atoms with E-state index in [1.54, 1.807) is 30.2 Å². The quantitative estimate of drug-likeness (QED) is 0.893. The summed E-state index contributed by atoms with van der Waals surface area (Å²) in [6, 6.07) is 8.64. The van der Waals surface area contributed by atoms with Gasteiger partial charge in [0.15, 0.2) is 5.78 Å². The third-order valence-corrected chi connectivity index (χ3v) is 4.85. The number of hydrogen-bond acceptors (Lipinski definition) is 6. The van der Waals surface area contributed by atoms with Crippen molar-refractivity contribution in [2.45, 2.75) is 25.0 Å². The number of rotatable bonds is 3. The molecule has 0 aliphatic carbocycles. The van der Waals surface area contributed by atoms with Crippen LogP contribution in [0.5, 0.6) is 5.75 Å². The zero-order valence-corrected chi connectivity index (χ0v) is 15.0. The highest BCUT2D eigenvalue weighted by molar-refractivity contribution is 6.00. The smallest absolute Gasteiger partial charge is 0.323 e. The molecule has 0 radical (unpaired) electrons. The summed E-state index contributed by atoms with van der Waals surface area (Å²) in [5, 5.41) is 2.77. The molecular weight excluding hydrogens is 348 g/mol. The average Bonchev–Trinajstić information content (AvgIpc) is 3.05. The van der Waals surface area contributed by atoms with Crippen molar-refractivity contribution in [3.63, 3.8) is 0 Å². The van der Waals surface area contributed by atoms with Crippen molar-refractivity contribution in [2.24, 2.45) is 0 Å². The summed E-state index contributed by atoms with van der Waals surface area (Å²) in [5.74, 6) is 1.06. The highest BCUT2D eigenvalue weighted by atomic mass is 16.5. The molecule has 1 saturated heterocycles. The molecule has 1 spiro atoms. The third kappa shape index (κ3) is 3.48. The van der Waals surface area contributed by atoms with Crippen LogP contribution in [0.15, 0.2) is 36.7 Å². The Morgan fingerprint density at radius 1 is 1.37 bits per heavy atom. The minimum Gasteiger partial charge on any atom is -0.484 e. The number of fused-ring (bicyclic) bond motifs is 1. The number of aromatic nitrogens is 2. The number of urea groups is 1. The number of methoxy groups -OCH3 is 1. The number of anilines is 1. The van der Waals surface area contributed by atoms with Gasteiger partial charge in [-0.25, -0.2) is 14.8 Å². The Bertz CT molecular complexity index is 888. The first-order valence-electron chi connectivity index (χ1n) is 8.76. The lowest BCUT2D eigenvalue weighted by Gasteiger charge is -2.34. The van der Waals surface area contributed by atoms with Gasteiger partial charge in [-0.3, -0.25) is 10.1 Å². The van der Waals surface area contributed by atoms with Crippen molar-refractivity contribution in [1.29, 1.82) is 0 Å². The molecule has 2 aromatic rings. The molecule has 2 aliphatic rings. The minimum absolute atomic E-state index is 0.0547. The van der Waals surface area contributed by atoms with E-state index in [1.165, 1.54) is 6.33 Å². The first-order chi connectivity index (χ1) is 13.1. The fourth-order valence-electron chi connectivity index (χ4n) is 3.57. The summed E-state index contributed by atoms with van der Waals surface area (Å²) in [6.07, 6.45) is 2.27. The highest BCUT2D eigenvalue weighted by Gasteiger charge is 2.47. The predicted molar refractivity (Wildman–Crippen MR) is 96.7 cm³/mol. The largest absolute Gasteiger partial charge is 0.484 e. The number of nitrogens with one attached hydrogen (secondary N) is 1. The number of hydrogen-bond donors (Lipinski definition) is 1. The highest BCUT2D eigenvalue weighted by Crippen LogP contribution is 2.38. The van der Waals surface area contributed by atoms with E-state index in [2.05, 4.69) is 15.3 Å². The van der Waals surface area contributed by atoms with E-state index in [0.717, 1.165) is 0 Å². The van der Waals surface area contributed by atoms with E-state index in [0.29, 0.717) is 48.9 Å². The van der Waals surface area contributed by atoms with Crippen LogP contribution in [0.4, 0.5) is 10.6 Å². The van der Waals surface area contributed by atoms with Crippen LogP contribution in [0.2, 0.25) is 0 Å². The van der Waals surface area contributed by atoms with Crippen LogP contribution in [-0.2, 0) is 11.3 Å². The van der Waals surface area contributed by atoms with Crippen molar-refractivity contribution in [1.82, 2.24) is 14.9 Å². The standard InChI is InChI=1S/C19H20N4O4/c1-26-10-13-8-17(21-12-20-13)22-18(25)23-7-6-19(11-23)9-15(24)14-4-2-3-5-16(14)27-19/h2-5,8,12H,6-7,9-11H2,1H3,(H,20,21,22,25). The van der Waals surface area contributed by atoms with Crippen LogP contribution >= 0.6 is 0 Å². The van der Waals surface area contributed by atoms with Gasteiger partial charge in [0.25, 0.3) is 0 Å². The maximum absolute atomic E-state index is 12.6. The van der Waals surface area contributed by atoms with Crippen LogP contribution in [0.3, 0.4) is 0 Å². The van der Waals surface area contributed by atoms with Gasteiger partial charge in [-0.2, -0.15) is 0 Å². The van der Waals surface area contributed by atoms with Gasteiger partial charge in [0.2, 0.25) is 0 Å². The number of amides is 2. The predicted octanol–water partition coefficient (Wildman–Crippen LogP) is 2.26. The zero-order chi connectivity index (χ0) is 18.9. The summed E-state index contributed by atoms with van der Waals surface area (Å²) in [5.41, 5.74) is 0.631. The van der Waals surface area contributed by atoms with Crippen LogP contribution in [0.25, 0.3) is 0 Å². The number of likely N-dealkylation sites (tertiary alicyclic amines) is 1. The van der Waals surface area contributed by atoms with Crippen molar-refractivity contribution < 1.29 is 19.1 Å². The topological polar surface area (TPSA) is 93.7 Å². The molecule has 1 N–H and O–H groups in total. The lowest BCUT2D eigenvalue weighted by Crippen LogP contribution is -2.46. The lowest BCUT2D eigenvalue weighted by molar-refractivity contribution is 0.0482.